The Hall–Kier alpha value is -0.860. The first kappa shape index (κ1) is 12.2. The highest BCUT2D eigenvalue weighted by molar-refractivity contribution is 5.29. The lowest BCUT2D eigenvalue weighted by molar-refractivity contribution is -0.140. The number of ether oxygens (including phenoxy) is 2. The predicted octanol–water partition coefficient (Wildman–Crippen LogP) is 3.38. The molecule has 0 amide bonds. The summed E-state index contributed by atoms with van der Waals surface area (Å²) < 4.78 is 11.1. The highest BCUT2D eigenvalue weighted by Gasteiger charge is 2.11. The van der Waals surface area contributed by atoms with Crippen molar-refractivity contribution in [1.82, 2.24) is 0 Å². The van der Waals surface area contributed by atoms with Crippen LogP contribution in [0.5, 0.6) is 0 Å². The summed E-state index contributed by atoms with van der Waals surface area (Å²) in [6.45, 7) is 9.47. The first-order valence-corrected chi connectivity index (χ1v) is 5.48. The Morgan fingerprint density at radius 2 is 1.40 bits per heavy atom. The second kappa shape index (κ2) is 5.89. The average Bonchev–Trinajstić information content (AvgIpc) is 2.16. The van der Waals surface area contributed by atoms with Gasteiger partial charge in [0.05, 0.1) is 0 Å². The molecule has 0 saturated carbocycles. The normalized spacial score (nSPS) is 11.0. The Morgan fingerprint density at radius 1 is 0.933 bits per heavy atom. The van der Waals surface area contributed by atoms with Crippen molar-refractivity contribution in [3.05, 3.63) is 34.9 Å². The average molecular weight is 208 g/mol. The summed E-state index contributed by atoms with van der Waals surface area (Å²) in [7, 11) is 0. The summed E-state index contributed by atoms with van der Waals surface area (Å²) in [6, 6.07) is 6.38. The highest BCUT2D eigenvalue weighted by atomic mass is 16.7. The summed E-state index contributed by atoms with van der Waals surface area (Å²) in [5.41, 5.74) is 3.60. The number of aryl methyl sites for hydroxylation is 2. The predicted molar refractivity (Wildman–Crippen MR) is 61.9 cm³/mol. The number of benzene rings is 1. The summed E-state index contributed by atoms with van der Waals surface area (Å²) in [5.74, 6) is 0. The van der Waals surface area contributed by atoms with Crippen LogP contribution in [0.25, 0.3) is 0 Å². The van der Waals surface area contributed by atoms with Crippen molar-refractivity contribution in [2.45, 2.75) is 34.0 Å². The fraction of sp³-hybridized carbons (Fsp3) is 0.538. The molecule has 0 saturated heterocycles. The molecule has 0 radical (unpaired) electrons. The van der Waals surface area contributed by atoms with E-state index < -0.39 is 0 Å². The second-order valence-electron chi connectivity index (χ2n) is 3.66. The van der Waals surface area contributed by atoms with E-state index in [0.29, 0.717) is 13.2 Å². The maximum absolute atomic E-state index is 5.56. The summed E-state index contributed by atoms with van der Waals surface area (Å²) in [5, 5.41) is 0. The van der Waals surface area contributed by atoms with Crippen LogP contribution in [-0.2, 0) is 9.47 Å². The van der Waals surface area contributed by atoms with Gasteiger partial charge in [0, 0.05) is 18.8 Å². The molecule has 1 rings (SSSR count). The molecule has 1 aromatic carbocycles. The molecule has 0 atom stereocenters. The maximum Gasteiger partial charge on any atom is 0.183 e. The van der Waals surface area contributed by atoms with Gasteiger partial charge < -0.3 is 9.47 Å². The standard InChI is InChI=1S/C13H20O2/c1-5-14-13(15-6-2)12-8-10(3)7-11(4)9-12/h7-9,13H,5-6H2,1-4H3. The van der Waals surface area contributed by atoms with E-state index in [-0.39, 0.29) is 6.29 Å². The van der Waals surface area contributed by atoms with Crippen LogP contribution in [-0.4, -0.2) is 13.2 Å². The minimum atomic E-state index is -0.224. The van der Waals surface area contributed by atoms with Crippen LogP contribution >= 0.6 is 0 Å². The van der Waals surface area contributed by atoms with Crippen LogP contribution in [0.15, 0.2) is 18.2 Å². The molecule has 1 aromatic rings. The lowest BCUT2D eigenvalue weighted by Gasteiger charge is -2.18. The van der Waals surface area contributed by atoms with E-state index in [1.807, 2.05) is 13.8 Å². The number of rotatable bonds is 5. The van der Waals surface area contributed by atoms with E-state index in [4.69, 9.17) is 9.47 Å². The molecule has 0 spiro atoms. The molecule has 15 heavy (non-hydrogen) atoms. The molecule has 0 aromatic heterocycles. The van der Waals surface area contributed by atoms with E-state index in [2.05, 4.69) is 32.0 Å². The van der Waals surface area contributed by atoms with Gasteiger partial charge in [0.2, 0.25) is 0 Å². The quantitative estimate of drug-likeness (QED) is 0.691. The largest absolute Gasteiger partial charge is 0.349 e. The lowest BCUT2D eigenvalue weighted by atomic mass is 10.1. The van der Waals surface area contributed by atoms with E-state index in [1.165, 1.54) is 11.1 Å². The summed E-state index contributed by atoms with van der Waals surface area (Å²) in [4.78, 5) is 0. The third-order valence-corrected chi connectivity index (χ3v) is 2.15. The molecular weight excluding hydrogens is 188 g/mol. The van der Waals surface area contributed by atoms with Crippen molar-refractivity contribution in [3.8, 4) is 0 Å². The zero-order valence-corrected chi connectivity index (χ0v) is 10.0. The van der Waals surface area contributed by atoms with Gasteiger partial charge in [0.25, 0.3) is 0 Å². The van der Waals surface area contributed by atoms with Crippen molar-refractivity contribution in [2.24, 2.45) is 0 Å². The van der Waals surface area contributed by atoms with E-state index in [9.17, 15) is 0 Å². The third kappa shape index (κ3) is 3.65. The number of hydrogen-bond donors (Lipinski definition) is 0. The van der Waals surface area contributed by atoms with Gasteiger partial charge in [-0.25, -0.2) is 0 Å². The van der Waals surface area contributed by atoms with Gasteiger partial charge in [-0.3, -0.25) is 0 Å². The smallest absolute Gasteiger partial charge is 0.183 e. The van der Waals surface area contributed by atoms with Crippen molar-refractivity contribution in [3.63, 3.8) is 0 Å². The molecule has 0 heterocycles. The van der Waals surface area contributed by atoms with Gasteiger partial charge in [-0.05, 0) is 27.7 Å². The SMILES string of the molecule is CCOC(OCC)c1cc(C)cc(C)c1. The van der Waals surface area contributed by atoms with Crippen molar-refractivity contribution in [2.75, 3.05) is 13.2 Å². The second-order valence-corrected chi connectivity index (χ2v) is 3.66. The van der Waals surface area contributed by atoms with Gasteiger partial charge >= 0.3 is 0 Å². The minimum Gasteiger partial charge on any atom is -0.349 e. The van der Waals surface area contributed by atoms with Crippen LogP contribution in [0.4, 0.5) is 0 Å². The molecule has 2 heteroatoms. The first-order chi connectivity index (χ1) is 7.17. The molecule has 0 aliphatic heterocycles. The molecular formula is C13H20O2. The van der Waals surface area contributed by atoms with E-state index >= 15 is 0 Å². The Bertz CT molecular complexity index is 281. The summed E-state index contributed by atoms with van der Waals surface area (Å²) in [6.07, 6.45) is -0.224. The molecule has 2 nitrogen and oxygen atoms in total. The fourth-order valence-electron chi connectivity index (χ4n) is 1.69. The van der Waals surface area contributed by atoms with Crippen molar-refractivity contribution >= 4 is 0 Å². The van der Waals surface area contributed by atoms with Crippen LogP contribution in [0, 0.1) is 13.8 Å². The van der Waals surface area contributed by atoms with Crippen molar-refractivity contribution < 1.29 is 9.47 Å². The van der Waals surface area contributed by atoms with Gasteiger partial charge in [0.1, 0.15) is 0 Å². The van der Waals surface area contributed by atoms with Gasteiger partial charge in [-0.2, -0.15) is 0 Å². The maximum atomic E-state index is 5.56. The molecule has 0 N–H and O–H groups in total. The van der Waals surface area contributed by atoms with Crippen LogP contribution in [0.3, 0.4) is 0 Å². The Morgan fingerprint density at radius 3 is 1.80 bits per heavy atom. The Kier molecular flexibility index (Phi) is 4.79. The monoisotopic (exact) mass is 208 g/mol. The van der Waals surface area contributed by atoms with Crippen LogP contribution < -0.4 is 0 Å². The van der Waals surface area contributed by atoms with Crippen LogP contribution in [0.2, 0.25) is 0 Å². The van der Waals surface area contributed by atoms with E-state index in [1.54, 1.807) is 0 Å². The number of hydrogen-bond acceptors (Lipinski definition) is 2. The zero-order chi connectivity index (χ0) is 11.3. The van der Waals surface area contributed by atoms with Crippen LogP contribution in [0.1, 0.15) is 36.8 Å². The zero-order valence-electron chi connectivity index (χ0n) is 10.0. The third-order valence-electron chi connectivity index (χ3n) is 2.15. The lowest BCUT2D eigenvalue weighted by Crippen LogP contribution is -2.09. The van der Waals surface area contributed by atoms with E-state index in [0.717, 1.165) is 5.56 Å². The van der Waals surface area contributed by atoms with Gasteiger partial charge in [0.15, 0.2) is 6.29 Å². The molecule has 0 aliphatic carbocycles. The highest BCUT2D eigenvalue weighted by Crippen LogP contribution is 2.21. The Labute approximate surface area is 92.2 Å². The topological polar surface area (TPSA) is 18.5 Å². The first-order valence-electron chi connectivity index (χ1n) is 5.48. The molecule has 0 aliphatic rings. The fourth-order valence-corrected chi connectivity index (χ4v) is 1.69. The minimum absolute atomic E-state index is 0.224. The van der Waals surface area contributed by atoms with Gasteiger partial charge in [-0.15, -0.1) is 0 Å². The summed E-state index contributed by atoms with van der Waals surface area (Å²) >= 11 is 0. The molecule has 0 bridgehead atoms. The Balaban J connectivity index is 2.88. The molecule has 0 unspecified atom stereocenters. The molecule has 0 fully saturated rings. The van der Waals surface area contributed by atoms with Crippen molar-refractivity contribution in [1.29, 1.82) is 0 Å². The van der Waals surface area contributed by atoms with Gasteiger partial charge in [-0.1, -0.05) is 29.3 Å². The molecule has 84 valence electrons.